The van der Waals surface area contributed by atoms with Crippen molar-refractivity contribution in [3.8, 4) is 0 Å². The summed E-state index contributed by atoms with van der Waals surface area (Å²) < 4.78 is 0. The minimum atomic E-state index is -0.435. The SMILES string of the molecule is O=C=NCC(N=C=O)c1ccccc1.O=C=NCCN=C=O. The van der Waals surface area contributed by atoms with Crippen molar-refractivity contribution in [1.29, 1.82) is 0 Å². The highest BCUT2D eigenvalue weighted by molar-refractivity contribution is 5.37. The maximum absolute atomic E-state index is 10.1. The van der Waals surface area contributed by atoms with Gasteiger partial charge in [-0.15, -0.1) is 0 Å². The van der Waals surface area contributed by atoms with Gasteiger partial charge >= 0.3 is 0 Å². The minimum Gasteiger partial charge on any atom is -0.211 e. The van der Waals surface area contributed by atoms with Crippen LogP contribution in [0.3, 0.4) is 0 Å². The number of aliphatic imine (C=N–C) groups is 4. The second-order valence-electron chi connectivity index (χ2n) is 3.52. The summed E-state index contributed by atoms with van der Waals surface area (Å²) in [5.74, 6) is 0. The molecule has 0 saturated carbocycles. The lowest BCUT2D eigenvalue weighted by atomic mass is 10.1. The van der Waals surface area contributed by atoms with E-state index in [1.807, 2.05) is 30.3 Å². The van der Waals surface area contributed by atoms with Crippen molar-refractivity contribution in [3.05, 3.63) is 35.9 Å². The van der Waals surface area contributed by atoms with Gasteiger partial charge in [-0.3, -0.25) is 0 Å². The Morgan fingerprint density at radius 2 is 1.32 bits per heavy atom. The van der Waals surface area contributed by atoms with Gasteiger partial charge in [-0.2, -0.15) is 4.99 Å². The summed E-state index contributed by atoms with van der Waals surface area (Å²) in [6, 6.07) is 8.70. The lowest BCUT2D eigenvalue weighted by molar-refractivity contribution is 0.553. The Morgan fingerprint density at radius 1 is 0.773 bits per heavy atom. The number of carbonyl (C=O) groups excluding carboxylic acids is 4. The molecule has 112 valence electrons. The quantitative estimate of drug-likeness (QED) is 0.425. The maximum atomic E-state index is 10.1. The molecule has 0 radical (unpaired) electrons. The van der Waals surface area contributed by atoms with Crippen molar-refractivity contribution < 1.29 is 19.2 Å². The van der Waals surface area contributed by atoms with E-state index in [1.54, 1.807) is 0 Å². The van der Waals surface area contributed by atoms with Crippen LogP contribution in [0, 0.1) is 0 Å². The Kier molecular flexibility index (Phi) is 12.1. The molecule has 22 heavy (non-hydrogen) atoms. The van der Waals surface area contributed by atoms with Gasteiger partial charge in [0.15, 0.2) is 0 Å². The van der Waals surface area contributed by atoms with Gasteiger partial charge < -0.3 is 0 Å². The fraction of sp³-hybridized carbons (Fsp3) is 0.286. The standard InChI is InChI=1S/C10H8N2O2.C4H4N2O2/c13-7-11-6-10(12-8-14)9-4-2-1-3-5-9;7-3-5-1-2-6-4-8/h1-5,10H,6H2;1-2H2. The van der Waals surface area contributed by atoms with Gasteiger partial charge in [-0.25, -0.2) is 34.2 Å². The molecular weight excluding hydrogens is 288 g/mol. The van der Waals surface area contributed by atoms with Crippen LogP contribution in [0.25, 0.3) is 0 Å². The molecule has 0 saturated heterocycles. The Morgan fingerprint density at radius 3 is 1.77 bits per heavy atom. The van der Waals surface area contributed by atoms with Crippen molar-refractivity contribution in [1.82, 2.24) is 0 Å². The molecule has 1 atom stereocenters. The summed E-state index contributed by atoms with van der Waals surface area (Å²) in [6.45, 7) is 0.570. The molecule has 8 heteroatoms. The van der Waals surface area contributed by atoms with Crippen LogP contribution in [0.5, 0.6) is 0 Å². The van der Waals surface area contributed by atoms with E-state index >= 15 is 0 Å². The van der Waals surface area contributed by atoms with Gasteiger partial charge in [-0.05, 0) is 5.56 Å². The number of isocyanates is 4. The first kappa shape index (κ1) is 18.7. The van der Waals surface area contributed by atoms with Gasteiger partial charge in [0.25, 0.3) is 0 Å². The van der Waals surface area contributed by atoms with E-state index in [-0.39, 0.29) is 19.6 Å². The second-order valence-corrected chi connectivity index (χ2v) is 3.52. The highest BCUT2D eigenvalue weighted by Crippen LogP contribution is 2.16. The molecule has 1 aromatic carbocycles. The fourth-order valence-electron chi connectivity index (χ4n) is 1.27. The van der Waals surface area contributed by atoms with E-state index in [9.17, 15) is 19.2 Å². The molecule has 0 heterocycles. The molecule has 0 bridgehead atoms. The smallest absolute Gasteiger partial charge is 0.211 e. The number of hydrogen-bond acceptors (Lipinski definition) is 8. The second kappa shape index (κ2) is 14.2. The number of hydrogen-bond donors (Lipinski definition) is 0. The monoisotopic (exact) mass is 300 g/mol. The van der Waals surface area contributed by atoms with E-state index in [0.717, 1.165) is 5.56 Å². The molecule has 1 unspecified atom stereocenters. The third-order valence-electron chi connectivity index (χ3n) is 2.17. The molecule has 0 aliphatic rings. The lowest BCUT2D eigenvalue weighted by Gasteiger charge is -2.05. The molecule has 0 spiro atoms. The summed E-state index contributed by atoms with van der Waals surface area (Å²) in [4.78, 5) is 51.9. The summed E-state index contributed by atoms with van der Waals surface area (Å²) in [7, 11) is 0. The first-order chi connectivity index (χ1) is 10.8. The van der Waals surface area contributed by atoms with Crippen molar-refractivity contribution >= 4 is 24.3 Å². The number of rotatable bonds is 7. The Hall–Kier alpha value is -3.26. The van der Waals surface area contributed by atoms with E-state index < -0.39 is 6.04 Å². The van der Waals surface area contributed by atoms with Crippen LogP contribution in [0.15, 0.2) is 50.3 Å². The third kappa shape index (κ3) is 9.64. The number of nitrogens with zero attached hydrogens (tertiary/aromatic N) is 4. The molecule has 0 fully saturated rings. The molecule has 0 amide bonds. The zero-order valence-corrected chi connectivity index (χ0v) is 11.5. The zero-order valence-electron chi connectivity index (χ0n) is 11.5. The largest absolute Gasteiger partial charge is 0.235 e. The summed E-state index contributed by atoms with van der Waals surface area (Å²) in [5.41, 5.74) is 0.829. The van der Waals surface area contributed by atoms with Crippen LogP contribution in [0.1, 0.15) is 11.6 Å². The van der Waals surface area contributed by atoms with Crippen LogP contribution >= 0.6 is 0 Å². The van der Waals surface area contributed by atoms with Crippen molar-refractivity contribution in [3.63, 3.8) is 0 Å². The van der Waals surface area contributed by atoms with Crippen molar-refractivity contribution in [2.75, 3.05) is 19.6 Å². The van der Waals surface area contributed by atoms with Crippen LogP contribution in [-0.2, 0) is 19.2 Å². The molecule has 0 aliphatic carbocycles. The number of benzene rings is 1. The first-order valence-electron chi connectivity index (χ1n) is 6.03. The Labute approximate surface area is 126 Å². The average molecular weight is 300 g/mol. The van der Waals surface area contributed by atoms with Crippen molar-refractivity contribution in [2.24, 2.45) is 20.0 Å². The highest BCUT2D eigenvalue weighted by atomic mass is 16.1. The zero-order chi connectivity index (χ0) is 16.5. The Bertz CT molecular complexity index is 604. The van der Waals surface area contributed by atoms with Gasteiger partial charge in [0.1, 0.15) is 6.04 Å². The summed E-state index contributed by atoms with van der Waals surface area (Å²) >= 11 is 0. The molecule has 0 aromatic heterocycles. The molecular formula is C14H12N4O4. The molecule has 0 aliphatic heterocycles. The van der Waals surface area contributed by atoms with E-state index in [4.69, 9.17) is 0 Å². The molecule has 1 aromatic rings. The van der Waals surface area contributed by atoms with Gasteiger partial charge in [-0.1, -0.05) is 30.3 Å². The first-order valence-corrected chi connectivity index (χ1v) is 6.03. The topological polar surface area (TPSA) is 118 Å². The predicted octanol–water partition coefficient (Wildman–Crippen LogP) is 1.06. The maximum Gasteiger partial charge on any atom is 0.235 e. The minimum absolute atomic E-state index is 0.128. The highest BCUT2D eigenvalue weighted by Gasteiger charge is 2.07. The van der Waals surface area contributed by atoms with Crippen LogP contribution < -0.4 is 0 Å². The van der Waals surface area contributed by atoms with E-state index in [0.29, 0.717) is 0 Å². The molecule has 8 nitrogen and oxygen atoms in total. The summed E-state index contributed by atoms with van der Waals surface area (Å²) in [6.07, 6.45) is 5.50. The normalized spacial score (nSPS) is 9.27. The molecule has 1 rings (SSSR count). The summed E-state index contributed by atoms with van der Waals surface area (Å²) in [5, 5.41) is 0. The van der Waals surface area contributed by atoms with Gasteiger partial charge in [0.05, 0.1) is 19.6 Å². The van der Waals surface area contributed by atoms with Gasteiger partial charge in [0, 0.05) is 0 Å². The van der Waals surface area contributed by atoms with Gasteiger partial charge in [0.2, 0.25) is 24.3 Å². The Balaban J connectivity index is 0.000000472. The van der Waals surface area contributed by atoms with E-state index in [2.05, 4.69) is 20.0 Å². The van der Waals surface area contributed by atoms with Crippen LogP contribution in [0.4, 0.5) is 0 Å². The van der Waals surface area contributed by atoms with Crippen molar-refractivity contribution in [2.45, 2.75) is 6.04 Å². The predicted molar refractivity (Wildman–Crippen MR) is 76.3 cm³/mol. The fourth-order valence-corrected chi connectivity index (χ4v) is 1.27. The lowest BCUT2D eigenvalue weighted by Crippen LogP contribution is -1.98. The van der Waals surface area contributed by atoms with E-state index in [1.165, 1.54) is 24.3 Å². The molecule has 0 N–H and O–H groups in total. The van der Waals surface area contributed by atoms with Crippen LogP contribution in [-0.4, -0.2) is 44.0 Å². The van der Waals surface area contributed by atoms with Crippen LogP contribution in [0.2, 0.25) is 0 Å². The average Bonchev–Trinajstić information content (AvgIpc) is 2.57. The third-order valence-corrected chi connectivity index (χ3v) is 2.17.